The number of pyridine rings is 1. The van der Waals surface area contributed by atoms with Gasteiger partial charge in [0.15, 0.2) is 0 Å². The van der Waals surface area contributed by atoms with Gasteiger partial charge in [0.1, 0.15) is 11.3 Å². The van der Waals surface area contributed by atoms with E-state index >= 15 is 0 Å². The fourth-order valence-corrected chi connectivity index (χ4v) is 2.70. The molecule has 0 saturated heterocycles. The minimum absolute atomic E-state index is 0.0603. The molecule has 0 saturated carbocycles. The lowest BCUT2D eigenvalue weighted by Crippen LogP contribution is -2.25. The van der Waals surface area contributed by atoms with Crippen molar-refractivity contribution in [3.8, 4) is 0 Å². The second kappa shape index (κ2) is 8.55. The summed E-state index contributed by atoms with van der Waals surface area (Å²) in [6, 6.07) is 2.84. The number of halogens is 3. The van der Waals surface area contributed by atoms with E-state index in [0.717, 1.165) is 12.5 Å². The maximum atomic E-state index is 13.5. The first-order valence-corrected chi connectivity index (χ1v) is 9.18. The van der Waals surface area contributed by atoms with Gasteiger partial charge >= 0.3 is 6.18 Å². The molecule has 0 radical (unpaired) electrons. The number of hydrogen-bond donors (Lipinski definition) is 1. The molecule has 0 aliphatic rings. The van der Waals surface area contributed by atoms with Gasteiger partial charge in [-0.1, -0.05) is 33.3 Å². The zero-order chi connectivity index (χ0) is 21.0. The lowest BCUT2D eigenvalue weighted by molar-refractivity contribution is -0.0581. The van der Waals surface area contributed by atoms with E-state index in [-0.39, 0.29) is 5.41 Å². The van der Waals surface area contributed by atoms with Gasteiger partial charge in [-0.3, -0.25) is 9.98 Å². The minimum atomic E-state index is -4.52. The third-order valence-electron chi connectivity index (χ3n) is 4.65. The van der Waals surface area contributed by atoms with E-state index in [4.69, 9.17) is 0 Å². The second-order valence-corrected chi connectivity index (χ2v) is 8.40. The molecule has 1 N–H and O–H groups in total. The molecule has 1 rings (SSSR count). The van der Waals surface area contributed by atoms with Gasteiger partial charge in [-0.15, -0.1) is 0 Å². The first kappa shape index (κ1) is 23.3. The van der Waals surface area contributed by atoms with E-state index in [2.05, 4.69) is 9.98 Å². The fourth-order valence-electron chi connectivity index (χ4n) is 2.70. The van der Waals surface area contributed by atoms with Crippen LogP contribution in [0.2, 0.25) is 0 Å². The van der Waals surface area contributed by atoms with Gasteiger partial charge in [-0.2, -0.15) is 13.2 Å². The van der Waals surface area contributed by atoms with Crippen LogP contribution >= 0.6 is 0 Å². The molecule has 1 aromatic heterocycles. The molecule has 1 heterocycles. The van der Waals surface area contributed by atoms with Crippen LogP contribution in [0, 0.1) is 5.41 Å². The van der Waals surface area contributed by atoms with E-state index in [1.807, 2.05) is 20.8 Å². The molecule has 3 nitrogen and oxygen atoms in total. The van der Waals surface area contributed by atoms with E-state index in [0.29, 0.717) is 23.3 Å². The van der Waals surface area contributed by atoms with Crippen LogP contribution in [0.3, 0.4) is 0 Å². The molecule has 1 unspecified atom stereocenters. The molecule has 0 amide bonds. The Bertz CT molecular complexity index is 681. The molecule has 0 aliphatic heterocycles. The molecule has 1 aromatic rings. The van der Waals surface area contributed by atoms with Crippen molar-refractivity contribution in [3.05, 3.63) is 35.7 Å². The van der Waals surface area contributed by atoms with Crippen LogP contribution in [0.5, 0.6) is 0 Å². The summed E-state index contributed by atoms with van der Waals surface area (Å²) in [5, 5.41) is 9.94. The molecule has 6 heteroatoms. The quantitative estimate of drug-likeness (QED) is 0.592. The van der Waals surface area contributed by atoms with Crippen molar-refractivity contribution in [2.45, 2.75) is 79.1 Å². The molecule has 0 aliphatic carbocycles. The maximum Gasteiger partial charge on any atom is 0.432 e. The number of alkyl halides is 3. The highest BCUT2D eigenvalue weighted by Gasteiger charge is 2.35. The van der Waals surface area contributed by atoms with E-state index in [1.54, 1.807) is 39.8 Å². The Hall–Kier alpha value is -1.69. The van der Waals surface area contributed by atoms with Crippen molar-refractivity contribution in [1.82, 2.24) is 4.98 Å². The fraction of sp³-hybridized carbons (Fsp3) is 0.619. The number of aliphatic imine (C=N–C) groups is 1. The number of nitrogens with zero attached hydrogens (tertiary/aromatic N) is 2. The molecule has 152 valence electrons. The third-order valence-corrected chi connectivity index (χ3v) is 4.65. The van der Waals surface area contributed by atoms with Gasteiger partial charge in [0.2, 0.25) is 0 Å². The lowest BCUT2D eigenvalue weighted by atomic mass is 9.84. The highest BCUT2D eigenvalue weighted by Crippen LogP contribution is 2.29. The molecule has 0 fully saturated rings. The number of allylic oxidation sites excluding steroid dienone is 2. The molecular formula is C21H31F3N2O. The van der Waals surface area contributed by atoms with Gasteiger partial charge in [0.05, 0.1) is 5.69 Å². The molecular weight excluding hydrogens is 353 g/mol. The summed E-state index contributed by atoms with van der Waals surface area (Å²) in [5.41, 5.74) is -0.611. The van der Waals surface area contributed by atoms with Crippen LogP contribution in [-0.4, -0.2) is 28.0 Å². The number of aromatic nitrogens is 1. The standard InChI is InChI=1S/C21H31F3N2O/c1-8-19(4,5)12-15(3)26-18(21(22,23)24)11-14(2)16-9-10-17(25-13-16)20(6,7)27/h9-11,13,15,27H,8,12H2,1-7H3/b14-11+,26-18?. The van der Waals surface area contributed by atoms with Crippen LogP contribution in [-0.2, 0) is 5.60 Å². The number of aliphatic hydroxyl groups is 1. The van der Waals surface area contributed by atoms with Gasteiger partial charge in [0, 0.05) is 12.2 Å². The second-order valence-electron chi connectivity index (χ2n) is 8.40. The third kappa shape index (κ3) is 7.45. The van der Waals surface area contributed by atoms with Crippen molar-refractivity contribution in [2.75, 3.05) is 0 Å². The van der Waals surface area contributed by atoms with E-state index in [9.17, 15) is 18.3 Å². The Morgan fingerprint density at radius 2 is 1.81 bits per heavy atom. The molecule has 0 bridgehead atoms. The highest BCUT2D eigenvalue weighted by molar-refractivity contribution is 6.04. The van der Waals surface area contributed by atoms with Crippen molar-refractivity contribution < 1.29 is 18.3 Å². The van der Waals surface area contributed by atoms with Crippen LogP contribution in [0.25, 0.3) is 5.57 Å². The largest absolute Gasteiger partial charge is 0.432 e. The summed E-state index contributed by atoms with van der Waals surface area (Å²) in [6.07, 6.45) is -0.528. The first-order valence-electron chi connectivity index (χ1n) is 9.18. The number of hydrogen-bond acceptors (Lipinski definition) is 3. The van der Waals surface area contributed by atoms with E-state index < -0.39 is 23.5 Å². The van der Waals surface area contributed by atoms with Gasteiger partial charge in [0.25, 0.3) is 0 Å². The average molecular weight is 384 g/mol. The van der Waals surface area contributed by atoms with E-state index in [1.165, 1.54) is 6.20 Å². The maximum absolute atomic E-state index is 13.5. The monoisotopic (exact) mass is 384 g/mol. The first-order chi connectivity index (χ1) is 12.2. The molecule has 1 atom stereocenters. The molecule has 27 heavy (non-hydrogen) atoms. The topological polar surface area (TPSA) is 45.5 Å². The van der Waals surface area contributed by atoms with Crippen molar-refractivity contribution in [2.24, 2.45) is 10.4 Å². The number of rotatable bonds is 7. The van der Waals surface area contributed by atoms with Crippen molar-refractivity contribution >= 4 is 11.3 Å². The average Bonchev–Trinajstić information content (AvgIpc) is 2.52. The Morgan fingerprint density at radius 3 is 2.22 bits per heavy atom. The van der Waals surface area contributed by atoms with Crippen LogP contribution in [0.15, 0.2) is 29.4 Å². The SMILES string of the molecule is CCC(C)(C)CC(C)N=C(/C=C(\C)c1ccc(C(C)(C)O)nc1)C(F)(F)F. The summed E-state index contributed by atoms with van der Waals surface area (Å²) in [5.74, 6) is 0. The minimum Gasteiger partial charge on any atom is -0.384 e. The Balaban J connectivity index is 3.16. The Kier molecular flexibility index (Phi) is 7.39. The molecule has 0 spiro atoms. The zero-order valence-electron chi connectivity index (χ0n) is 17.3. The van der Waals surface area contributed by atoms with Crippen LogP contribution in [0.4, 0.5) is 13.2 Å². The summed E-state index contributed by atoms with van der Waals surface area (Å²) >= 11 is 0. The summed E-state index contributed by atoms with van der Waals surface area (Å²) in [7, 11) is 0. The summed E-state index contributed by atoms with van der Waals surface area (Å²) in [4.78, 5) is 8.11. The van der Waals surface area contributed by atoms with Crippen LogP contribution < -0.4 is 0 Å². The smallest absolute Gasteiger partial charge is 0.384 e. The van der Waals surface area contributed by atoms with Gasteiger partial charge < -0.3 is 5.11 Å². The predicted molar refractivity (Wildman–Crippen MR) is 105 cm³/mol. The van der Waals surface area contributed by atoms with Gasteiger partial charge in [-0.25, -0.2) is 0 Å². The highest BCUT2D eigenvalue weighted by atomic mass is 19.4. The normalized spacial score (nSPS) is 15.8. The Morgan fingerprint density at radius 1 is 1.22 bits per heavy atom. The molecule has 0 aromatic carbocycles. The predicted octanol–water partition coefficient (Wildman–Crippen LogP) is 5.93. The lowest BCUT2D eigenvalue weighted by Gasteiger charge is -2.25. The van der Waals surface area contributed by atoms with Crippen molar-refractivity contribution in [1.29, 1.82) is 0 Å². The Labute approximate surface area is 160 Å². The van der Waals surface area contributed by atoms with Crippen molar-refractivity contribution in [3.63, 3.8) is 0 Å². The summed E-state index contributed by atoms with van der Waals surface area (Å²) in [6.45, 7) is 12.6. The zero-order valence-corrected chi connectivity index (χ0v) is 17.3. The van der Waals surface area contributed by atoms with Crippen LogP contribution in [0.1, 0.15) is 72.6 Å². The van der Waals surface area contributed by atoms with Gasteiger partial charge in [-0.05, 0) is 62.8 Å². The summed E-state index contributed by atoms with van der Waals surface area (Å²) < 4.78 is 40.4.